The summed E-state index contributed by atoms with van der Waals surface area (Å²) in [5.41, 5.74) is 6.39. The number of hydrogen-bond acceptors (Lipinski definition) is 8. The number of amides is 1. The number of aromatic nitrogens is 3. The number of pyridine rings is 1. The third-order valence-electron chi connectivity index (χ3n) is 8.05. The minimum atomic E-state index is -0.425. The van der Waals surface area contributed by atoms with E-state index in [-0.39, 0.29) is 23.4 Å². The monoisotopic (exact) mass is 639 g/mol. The molecule has 4 bridgehead atoms. The summed E-state index contributed by atoms with van der Waals surface area (Å²) in [5, 5.41) is 0. The van der Waals surface area contributed by atoms with Gasteiger partial charge in [0.05, 0.1) is 18.4 Å². The fourth-order valence-electron chi connectivity index (χ4n) is 6.02. The van der Waals surface area contributed by atoms with Gasteiger partial charge in [-0.3, -0.25) is 9.62 Å². The van der Waals surface area contributed by atoms with E-state index in [0.29, 0.717) is 30.7 Å². The summed E-state index contributed by atoms with van der Waals surface area (Å²) in [4.78, 5) is 29.8. The normalized spacial score (nSPS) is 16.5. The van der Waals surface area contributed by atoms with E-state index in [1.807, 2.05) is 38.1 Å². The molecule has 2 aromatic heterocycles. The molecule has 5 rings (SSSR count). The van der Waals surface area contributed by atoms with Crippen LogP contribution in [0.25, 0.3) is 11.3 Å². The molecule has 3 heterocycles. The van der Waals surface area contributed by atoms with Crippen molar-refractivity contribution in [1.29, 1.82) is 0 Å². The van der Waals surface area contributed by atoms with Gasteiger partial charge in [0.25, 0.3) is 0 Å². The van der Waals surface area contributed by atoms with Crippen molar-refractivity contribution in [2.24, 2.45) is 11.3 Å². The Kier molecular flexibility index (Phi) is 10.2. The third-order valence-corrected chi connectivity index (χ3v) is 8.82. The largest absolute Gasteiger partial charge is 0.477 e. The Morgan fingerprint density at radius 2 is 1.74 bits per heavy atom. The van der Waals surface area contributed by atoms with Crippen LogP contribution in [0.3, 0.4) is 0 Å². The number of ether oxygens (including phenoxy) is 2. The van der Waals surface area contributed by atoms with Crippen LogP contribution in [0.5, 0.6) is 5.88 Å². The maximum Gasteiger partial charge on any atom is 0.415 e. The van der Waals surface area contributed by atoms with Crippen molar-refractivity contribution in [2.45, 2.75) is 78.2 Å². The van der Waals surface area contributed by atoms with Crippen LogP contribution in [0.1, 0.15) is 69.3 Å². The SMILES string of the molecule is Cc1cccc(C)c1-c1cc2nc(n1)NSc1cccc(c1)C(Cc1cccc(N(C)C(=O)OC(C)C)n1)C(CC(C)(C)C)CO2. The topological polar surface area (TPSA) is 89.5 Å². The first-order chi connectivity index (χ1) is 21.9. The van der Waals surface area contributed by atoms with E-state index in [2.05, 4.69) is 81.8 Å². The maximum absolute atomic E-state index is 12.6. The molecule has 2 atom stereocenters. The van der Waals surface area contributed by atoms with E-state index in [9.17, 15) is 4.79 Å². The number of carbonyl (C=O) groups is 1. The summed E-state index contributed by atoms with van der Waals surface area (Å²) in [6, 6.07) is 22.7. The predicted octanol–water partition coefficient (Wildman–Crippen LogP) is 9.03. The van der Waals surface area contributed by atoms with Gasteiger partial charge in [-0.05, 0) is 105 Å². The zero-order valence-electron chi connectivity index (χ0n) is 28.1. The second kappa shape index (κ2) is 14.1. The van der Waals surface area contributed by atoms with Crippen LogP contribution >= 0.6 is 11.9 Å². The van der Waals surface area contributed by atoms with Gasteiger partial charge in [0.1, 0.15) is 5.82 Å². The molecule has 2 unspecified atom stereocenters. The van der Waals surface area contributed by atoms with Crippen LogP contribution in [0, 0.1) is 25.2 Å². The lowest BCUT2D eigenvalue weighted by atomic mass is 9.74. The van der Waals surface area contributed by atoms with Crippen molar-refractivity contribution < 1.29 is 14.3 Å². The molecule has 1 amide bonds. The van der Waals surface area contributed by atoms with E-state index in [1.165, 1.54) is 22.4 Å². The van der Waals surface area contributed by atoms with E-state index in [0.717, 1.165) is 39.4 Å². The van der Waals surface area contributed by atoms with Crippen molar-refractivity contribution in [3.63, 3.8) is 0 Å². The molecule has 8 nitrogen and oxygen atoms in total. The maximum atomic E-state index is 12.6. The lowest BCUT2D eigenvalue weighted by Gasteiger charge is -2.33. The second-order valence-corrected chi connectivity index (χ2v) is 14.5. The lowest BCUT2D eigenvalue weighted by Crippen LogP contribution is -2.30. The predicted molar refractivity (Wildman–Crippen MR) is 187 cm³/mol. The molecule has 1 aliphatic heterocycles. The number of benzene rings is 2. The van der Waals surface area contributed by atoms with E-state index in [4.69, 9.17) is 24.4 Å². The number of nitrogens with one attached hydrogen (secondary N) is 1. The van der Waals surface area contributed by atoms with Gasteiger partial charge in [-0.15, -0.1) is 0 Å². The first-order valence-corrected chi connectivity index (χ1v) is 16.7. The first-order valence-electron chi connectivity index (χ1n) is 15.9. The molecule has 1 N–H and O–H groups in total. The molecular formula is C37H45N5O3S. The Balaban J connectivity index is 1.54. The molecule has 242 valence electrons. The van der Waals surface area contributed by atoms with Crippen LogP contribution < -0.4 is 14.4 Å². The highest BCUT2D eigenvalue weighted by atomic mass is 32.2. The number of rotatable bonds is 6. The molecular weight excluding hydrogens is 595 g/mol. The van der Waals surface area contributed by atoms with Gasteiger partial charge < -0.3 is 9.47 Å². The quantitative estimate of drug-likeness (QED) is 0.209. The molecule has 0 aliphatic carbocycles. The number of aryl methyl sites for hydroxylation is 2. The van der Waals surface area contributed by atoms with Crippen LogP contribution in [0.15, 0.2) is 71.6 Å². The average Bonchev–Trinajstić information content (AvgIpc) is 2.99. The highest BCUT2D eigenvalue weighted by molar-refractivity contribution is 8.00. The Hall–Kier alpha value is -4.11. The van der Waals surface area contributed by atoms with Crippen LogP contribution in [0.2, 0.25) is 0 Å². The molecule has 0 saturated heterocycles. The smallest absolute Gasteiger partial charge is 0.415 e. The Morgan fingerprint density at radius 3 is 2.46 bits per heavy atom. The van der Waals surface area contributed by atoms with Gasteiger partial charge in [-0.25, -0.2) is 14.8 Å². The third kappa shape index (κ3) is 8.37. The Morgan fingerprint density at radius 1 is 1.02 bits per heavy atom. The minimum absolute atomic E-state index is 0.0492. The zero-order chi connectivity index (χ0) is 33.0. The number of carbonyl (C=O) groups excluding carboxylic acids is 1. The fourth-order valence-corrected chi connectivity index (χ4v) is 6.67. The van der Waals surface area contributed by atoms with Gasteiger partial charge >= 0.3 is 6.09 Å². The van der Waals surface area contributed by atoms with Gasteiger partial charge in [0, 0.05) is 35.2 Å². The summed E-state index contributed by atoms with van der Waals surface area (Å²) >= 11 is 1.49. The standard InChI is InChI=1S/C37H45N5O3S/c1-23(2)45-36(43)42(8)32-17-11-15-28(38-32)19-30-26-14-10-16-29(18-26)46-41-35-39-31(34-24(3)12-9-13-25(34)4)20-33(40-35)44-22-27(30)21-37(5,6)7/h9-18,20,23,27,30H,19,21-22H2,1-8H3,(H,39,40,41). The number of anilines is 2. The number of hydrogen-bond donors (Lipinski definition) is 1. The Bertz CT molecular complexity index is 1670. The van der Waals surface area contributed by atoms with Crippen molar-refractivity contribution in [2.75, 3.05) is 23.3 Å². The molecule has 46 heavy (non-hydrogen) atoms. The fraction of sp³-hybridized carbons (Fsp3) is 0.405. The van der Waals surface area contributed by atoms with Crippen LogP contribution in [-0.2, 0) is 11.2 Å². The molecule has 0 fully saturated rings. The van der Waals surface area contributed by atoms with Gasteiger partial charge in [0.2, 0.25) is 11.8 Å². The van der Waals surface area contributed by atoms with E-state index in [1.54, 1.807) is 7.05 Å². The molecule has 0 spiro atoms. The highest BCUT2D eigenvalue weighted by Gasteiger charge is 2.30. The summed E-state index contributed by atoms with van der Waals surface area (Å²) in [7, 11) is 1.69. The zero-order valence-corrected chi connectivity index (χ0v) is 28.9. The summed E-state index contributed by atoms with van der Waals surface area (Å²) < 4.78 is 15.4. The number of nitrogens with zero attached hydrogens (tertiary/aromatic N) is 4. The minimum Gasteiger partial charge on any atom is -0.477 e. The van der Waals surface area contributed by atoms with Gasteiger partial charge in [-0.1, -0.05) is 57.2 Å². The second-order valence-electron chi connectivity index (χ2n) is 13.6. The molecule has 4 aromatic rings. The molecule has 0 saturated carbocycles. The average molecular weight is 640 g/mol. The molecule has 0 radical (unpaired) electrons. The number of fused-ring (bicyclic) bond motifs is 4. The Labute approximate surface area is 277 Å². The van der Waals surface area contributed by atoms with Crippen molar-refractivity contribution in [1.82, 2.24) is 15.0 Å². The van der Waals surface area contributed by atoms with Gasteiger partial charge in [0.15, 0.2) is 0 Å². The van der Waals surface area contributed by atoms with E-state index >= 15 is 0 Å². The molecule has 1 aliphatic rings. The van der Waals surface area contributed by atoms with Gasteiger partial charge in [-0.2, -0.15) is 4.98 Å². The summed E-state index contributed by atoms with van der Waals surface area (Å²) in [6.07, 6.45) is 0.964. The lowest BCUT2D eigenvalue weighted by molar-refractivity contribution is 0.123. The summed E-state index contributed by atoms with van der Waals surface area (Å²) in [6.45, 7) is 15.2. The van der Waals surface area contributed by atoms with Crippen molar-refractivity contribution in [3.8, 4) is 17.1 Å². The molecule has 9 heteroatoms. The van der Waals surface area contributed by atoms with Crippen molar-refractivity contribution >= 4 is 29.8 Å². The molecule has 2 aromatic carbocycles. The van der Waals surface area contributed by atoms with Crippen LogP contribution in [0.4, 0.5) is 16.6 Å². The highest BCUT2D eigenvalue weighted by Crippen LogP contribution is 2.39. The van der Waals surface area contributed by atoms with Crippen molar-refractivity contribution in [3.05, 3.63) is 89.1 Å². The summed E-state index contributed by atoms with van der Waals surface area (Å²) in [5.74, 6) is 1.85. The van der Waals surface area contributed by atoms with Crippen LogP contribution in [-0.4, -0.2) is 40.8 Å². The first kappa shape index (κ1) is 33.3. The van der Waals surface area contributed by atoms with E-state index < -0.39 is 6.09 Å².